The van der Waals surface area contributed by atoms with Crippen molar-refractivity contribution in [2.45, 2.75) is 38.1 Å². The van der Waals surface area contributed by atoms with E-state index in [9.17, 15) is 9.18 Å². The summed E-state index contributed by atoms with van der Waals surface area (Å²) in [5, 5.41) is 7.41. The molecule has 1 N–H and O–H groups in total. The molecule has 0 bridgehead atoms. The summed E-state index contributed by atoms with van der Waals surface area (Å²) in [7, 11) is 0. The van der Waals surface area contributed by atoms with Crippen LogP contribution in [0.1, 0.15) is 36.6 Å². The lowest BCUT2D eigenvalue weighted by atomic mass is 9.93. The summed E-state index contributed by atoms with van der Waals surface area (Å²) in [6.45, 7) is 4.34. The van der Waals surface area contributed by atoms with Crippen LogP contribution in [0.25, 0.3) is 0 Å². The van der Waals surface area contributed by atoms with E-state index >= 15 is 0 Å². The van der Waals surface area contributed by atoms with Gasteiger partial charge in [-0.25, -0.2) is 4.39 Å². The van der Waals surface area contributed by atoms with Crippen LogP contribution in [0, 0.1) is 12.7 Å². The second-order valence-corrected chi connectivity index (χ2v) is 7.06. The van der Waals surface area contributed by atoms with Gasteiger partial charge in [-0.15, -0.1) is 0 Å². The summed E-state index contributed by atoms with van der Waals surface area (Å²) >= 11 is 0. The third kappa shape index (κ3) is 3.06. The molecule has 2 aliphatic heterocycles. The number of likely N-dealkylation sites (tertiary alicyclic amines) is 1. The van der Waals surface area contributed by atoms with Gasteiger partial charge in [0.15, 0.2) is 0 Å². The average molecular weight is 342 g/mol. The Morgan fingerprint density at radius 3 is 2.84 bits per heavy atom. The lowest BCUT2D eigenvalue weighted by Gasteiger charge is -2.35. The maximum Gasteiger partial charge on any atom is 0.244 e. The van der Waals surface area contributed by atoms with Crippen LogP contribution < -0.4 is 4.90 Å². The second-order valence-electron chi connectivity index (χ2n) is 7.06. The van der Waals surface area contributed by atoms with Gasteiger partial charge in [-0.3, -0.25) is 14.8 Å². The number of rotatable bonds is 3. The highest BCUT2D eigenvalue weighted by Gasteiger charge is 2.39. The number of halogens is 1. The van der Waals surface area contributed by atoms with Crippen LogP contribution in [0.5, 0.6) is 0 Å². The quantitative estimate of drug-likeness (QED) is 0.933. The Kier molecular flexibility index (Phi) is 4.29. The zero-order chi connectivity index (χ0) is 17.4. The molecule has 3 heterocycles. The molecule has 132 valence electrons. The van der Waals surface area contributed by atoms with E-state index in [0.29, 0.717) is 18.2 Å². The second kappa shape index (κ2) is 6.59. The van der Waals surface area contributed by atoms with Gasteiger partial charge >= 0.3 is 0 Å². The molecule has 2 fully saturated rings. The lowest BCUT2D eigenvalue weighted by Crippen LogP contribution is -2.46. The van der Waals surface area contributed by atoms with Gasteiger partial charge in [-0.1, -0.05) is 12.1 Å². The Hall–Kier alpha value is -2.21. The average Bonchev–Trinajstić information content (AvgIpc) is 3.22. The van der Waals surface area contributed by atoms with E-state index in [4.69, 9.17) is 0 Å². The molecule has 1 aromatic carbocycles. The number of aryl methyl sites for hydroxylation is 1. The largest absolute Gasteiger partial charge is 0.308 e. The molecule has 1 amide bonds. The number of nitrogens with zero attached hydrogens (tertiary/aromatic N) is 3. The van der Waals surface area contributed by atoms with Crippen molar-refractivity contribution >= 4 is 11.6 Å². The molecule has 2 aliphatic rings. The van der Waals surface area contributed by atoms with Crippen LogP contribution in [0.15, 0.2) is 30.3 Å². The number of anilines is 1. The summed E-state index contributed by atoms with van der Waals surface area (Å²) < 4.78 is 14.1. The van der Waals surface area contributed by atoms with Crippen LogP contribution in [-0.4, -0.2) is 46.7 Å². The summed E-state index contributed by atoms with van der Waals surface area (Å²) in [4.78, 5) is 16.8. The molecule has 1 aromatic heterocycles. The maximum absolute atomic E-state index is 14.1. The number of benzene rings is 1. The predicted molar refractivity (Wildman–Crippen MR) is 94.0 cm³/mol. The molecule has 0 saturated carbocycles. The van der Waals surface area contributed by atoms with Crippen LogP contribution in [0.3, 0.4) is 0 Å². The van der Waals surface area contributed by atoms with Gasteiger partial charge in [0.05, 0.1) is 17.4 Å². The Balaban J connectivity index is 1.49. The first-order chi connectivity index (χ1) is 12.1. The maximum atomic E-state index is 14.1. The molecule has 2 atom stereocenters. The van der Waals surface area contributed by atoms with Gasteiger partial charge in [0.1, 0.15) is 5.82 Å². The molecule has 4 rings (SSSR count). The molecular formula is C19H23FN4O. The van der Waals surface area contributed by atoms with Crippen molar-refractivity contribution in [3.8, 4) is 0 Å². The molecule has 2 unspecified atom stereocenters. The van der Waals surface area contributed by atoms with E-state index in [1.165, 1.54) is 6.07 Å². The topological polar surface area (TPSA) is 52.2 Å². The minimum absolute atomic E-state index is 0.0176. The number of carbonyl (C=O) groups excluding carboxylic acids is 1. The van der Waals surface area contributed by atoms with Crippen molar-refractivity contribution in [2.75, 3.05) is 24.5 Å². The van der Waals surface area contributed by atoms with E-state index in [1.807, 2.05) is 6.92 Å². The molecule has 2 aromatic rings. The summed E-state index contributed by atoms with van der Waals surface area (Å²) in [6, 6.07) is 8.46. The van der Waals surface area contributed by atoms with Gasteiger partial charge in [-0.2, -0.15) is 5.10 Å². The van der Waals surface area contributed by atoms with Crippen molar-refractivity contribution in [3.05, 3.63) is 47.5 Å². The Morgan fingerprint density at radius 1 is 1.24 bits per heavy atom. The normalized spacial score (nSPS) is 24.9. The standard InChI is InChI=1S/C19H23FN4O/c1-13-11-16(22-21-13)14-5-4-9-23(12-14)18-8-10-24(19(18)25)17-7-3-2-6-15(17)20/h2-3,6-7,11,14,18H,4-5,8-10,12H2,1H3,(H,21,22). The first kappa shape index (κ1) is 16.3. The molecule has 0 spiro atoms. The van der Waals surface area contributed by atoms with E-state index in [0.717, 1.165) is 43.7 Å². The first-order valence-electron chi connectivity index (χ1n) is 8.95. The number of hydrogen-bond acceptors (Lipinski definition) is 3. The fraction of sp³-hybridized carbons (Fsp3) is 0.474. The minimum atomic E-state index is -0.333. The number of hydrogen-bond donors (Lipinski definition) is 1. The zero-order valence-corrected chi connectivity index (χ0v) is 14.4. The number of aromatic amines is 1. The van der Waals surface area contributed by atoms with E-state index in [2.05, 4.69) is 21.2 Å². The smallest absolute Gasteiger partial charge is 0.244 e. The first-order valence-corrected chi connectivity index (χ1v) is 8.95. The highest BCUT2D eigenvalue weighted by molar-refractivity contribution is 5.99. The third-order valence-electron chi connectivity index (χ3n) is 5.36. The molecule has 5 nitrogen and oxygen atoms in total. The summed E-state index contributed by atoms with van der Waals surface area (Å²) in [5.74, 6) is 0.0398. The highest BCUT2D eigenvalue weighted by Crippen LogP contribution is 2.32. The number of H-pyrrole nitrogens is 1. The van der Waals surface area contributed by atoms with Crippen LogP contribution in [0.4, 0.5) is 10.1 Å². The number of para-hydroxylation sites is 1. The van der Waals surface area contributed by atoms with Gasteiger partial charge in [0.25, 0.3) is 0 Å². The van der Waals surface area contributed by atoms with Crippen molar-refractivity contribution in [1.82, 2.24) is 15.1 Å². The van der Waals surface area contributed by atoms with Gasteiger partial charge in [0.2, 0.25) is 5.91 Å². The zero-order valence-electron chi connectivity index (χ0n) is 14.4. The van der Waals surface area contributed by atoms with E-state index in [1.54, 1.807) is 23.1 Å². The third-order valence-corrected chi connectivity index (χ3v) is 5.36. The minimum Gasteiger partial charge on any atom is -0.308 e. The molecule has 6 heteroatoms. The molecule has 0 aliphatic carbocycles. The lowest BCUT2D eigenvalue weighted by molar-refractivity contribution is -0.122. The summed E-state index contributed by atoms with van der Waals surface area (Å²) in [6.07, 6.45) is 2.90. The molecular weight excluding hydrogens is 319 g/mol. The van der Waals surface area contributed by atoms with Crippen LogP contribution in [0.2, 0.25) is 0 Å². The number of carbonyl (C=O) groups is 1. The SMILES string of the molecule is Cc1cc(C2CCCN(C3CCN(c4ccccc4F)C3=O)C2)n[nH]1. The van der Waals surface area contributed by atoms with E-state index < -0.39 is 0 Å². The van der Waals surface area contributed by atoms with Gasteiger partial charge < -0.3 is 4.90 Å². The van der Waals surface area contributed by atoms with Gasteiger partial charge in [-0.05, 0) is 50.9 Å². The van der Waals surface area contributed by atoms with Gasteiger partial charge in [0, 0.05) is 24.7 Å². The number of piperidine rings is 1. The number of nitrogens with one attached hydrogen (secondary N) is 1. The molecule has 2 saturated heterocycles. The fourth-order valence-electron chi connectivity index (χ4n) is 4.09. The van der Waals surface area contributed by atoms with E-state index in [-0.39, 0.29) is 17.8 Å². The molecule has 0 radical (unpaired) electrons. The van der Waals surface area contributed by atoms with Crippen molar-refractivity contribution < 1.29 is 9.18 Å². The van der Waals surface area contributed by atoms with Crippen molar-refractivity contribution in [2.24, 2.45) is 0 Å². The van der Waals surface area contributed by atoms with Crippen LogP contribution in [-0.2, 0) is 4.79 Å². The van der Waals surface area contributed by atoms with Crippen molar-refractivity contribution in [1.29, 1.82) is 0 Å². The molecule has 25 heavy (non-hydrogen) atoms. The Labute approximate surface area is 146 Å². The number of aromatic nitrogens is 2. The Morgan fingerprint density at radius 2 is 2.08 bits per heavy atom. The monoisotopic (exact) mass is 342 g/mol. The van der Waals surface area contributed by atoms with Crippen LogP contribution >= 0.6 is 0 Å². The Bertz CT molecular complexity index is 774. The summed E-state index contributed by atoms with van der Waals surface area (Å²) in [5.41, 5.74) is 2.54. The highest BCUT2D eigenvalue weighted by atomic mass is 19.1. The number of amides is 1. The fourth-order valence-corrected chi connectivity index (χ4v) is 4.09. The predicted octanol–water partition coefficient (Wildman–Crippen LogP) is 2.84. The van der Waals surface area contributed by atoms with Crippen molar-refractivity contribution in [3.63, 3.8) is 0 Å².